The van der Waals surface area contributed by atoms with Crippen molar-refractivity contribution in [2.75, 3.05) is 19.6 Å². The van der Waals surface area contributed by atoms with Crippen molar-refractivity contribution in [2.24, 2.45) is 0 Å². The highest BCUT2D eigenvalue weighted by Crippen LogP contribution is 2.25. The zero-order valence-electron chi connectivity index (χ0n) is 16.1. The Hall–Kier alpha value is -2.13. The summed E-state index contributed by atoms with van der Waals surface area (Å²) in [6.07, 6.45) is 7.09. The molecule has 27 heavy (non-hydrogen) atoms. The molecule has 0 unspecified atom stereocenters. The molecule has 1 fully saturated rings. The molecule has 1 aliphatic carbocycles. The molecule has 1 aliphatic heterocycles. The fourth-order valence-corrected chi connectivity index (χ4v) is 4.56. The van der Waals surface area contributed by atoms with Crippen LogP contribution in [0.25, 0.3) is 0 Å². The molecular formula is C24H30N2O. The van der Waals surface area contributed by atoms with Gasteiger partial charge in [0.15, 0.2) is 0 Å². The maximum atomic E-state index is 13.1. The van der Waals surface area contributed by atoms with Gasteiger partial charge in [0.1, 0.15) is 0 Å². The second-order valence-corrected chi connectivity index (χ2v) is 7.98. The summed E-state index contributed by atoms with van der Waals surface area (Å²) >= 11 is 0. The van der Waals surface area contributed by atoms with E-state index in [0.717, 1.165) is 32.5 Å². The van der Waals surface area contributed by atoms with Crippen LogP contribution in [0.2, 0.25) is 0 Å². The minimum absolute atomic E-state index is 0.296. The second kappa shape index (κ2) is 8.71. The van der Waals surface area contributed by atoms with Gasteiger partial charge in [-0.3, -0.25) is 9.69 Å². The molecule has 4 rings (SSSR count). The van der Waals surface area contributed by atoms with E-state index in [-0.39, 0.29) is 0 Å². The number of carbonyl (C=O) groups is 1. The first-order valence-electron chi connectivity index (χ1n) is 10.4. The monoisotopic (exact) mass is 362 g/mol. The van der Waals surface area contributed by atoms with Crippen molar-refractivity contribution in [3.63, 3.8) is 0 Å². The van der Waals surface area contributed by atoms with Gasteiger partial charge in [-0.15, -0.1) is 0 Å². The lowest BCUT2D eigenvalue weighted by molar-refractivity contribution is -0.134. The molecule has 2 aliphatic rings. The molecule has 2 aromatic carbocycles. The van der Waals surface area contributed by atoms with Crippen LogP contribution in [0, 0.1) is 0 Å². The Morgan fingerprint density at radius 2 is 1.67 bits per heavy atom. The quantitative estimate of drug-likeness (QED) is 0.774. The van der Waals surface area contributed by atoms with Crippen molar-refractivity contribution in [3.05, 3.63) is 71.3 Å². The van der Waals surface area contributed by atoms with Crippen LogP contribution in [-0.4, -0.2) is 41.4 Å². The normalized spacial score (nSPS) is 17.3. The number of carbonyl (C=O) groups excluding carboxylic acids is 1. The standard InChI is InChI=1S/C24H30N2O/c27-24(26-17-15-21-10-4-5-11-22(21)18-26)19-25(23-12-6-7-13-23)16-14-20-8-2-1-3-9-20/h1-5,8-11,23H,6-7,12-19H2. The van der Waals surface area contributed by atoms with E-state index in [0.29, 0.717) is 18.5 Å². The zero-order valence-corrected chi connectivity index (χ0v) is 16.1. The maximum absolute atomic E-state index is 13.1. The Bertz CT molecular complexity index is 752. The number of fused-ring (bicyclic) bond motifs is 1. The minimum atomic E-state index is 0.296. The van der Waals surface area contributed by atoms with Gasteiger partial charge in [-0.05, 0) is 42.4 Å². The summed E-state index contributed by atoms with van der Waals surface area (Å²) in [7, 11) is 0. The number of hydrogen-bond acceptors (Lipinski definition) is 2. The molecule has 0 spiro atoms. The predicted molar refractivity (Wildman–Crippen MR) is 110 cm³/mol. The van der Waals surface area contributed by atoms with E-state index in [9.17, 15) is 4.79 Å². The van der Waals surface area contributed by atoms with Crippen LogP contribution in [0.3, 0.4) is 0 Å². The lowest BCUT2D eigenvalue weighted by Gasteiger charge is -2.33. The zero-order chi connectivity index (χ0) is 18.5. The van der Waals surface area contributed by atoms with Crippen molar-refractivity contribution >= 4 is 5.91 Å². The Morgan fingerprint density at radius 3 is 2.44 bits per heavy atom. The highest BCUT2D eigenvalue weighted by atomic mass is 16.2. The molecule has 0 atom stereocenters. The van der Waals surface area contributed by atoms with Crippen LogP contribution >= 0.6 is 0 Å². The predicted octanol–water partition coefficient (Wildman–Crippen LogP) is 4.06. The lowest BCUT2D eigenvalue weighted by atomic mass is 10.00. The molecule has 0 aromatic heterocycles. The highest BCUT2D eigenvalue weighted by molar-refractivity contribution is 5.78. The summed E-state index contributed by atoms with van der Waals surface area (Å²) in [5.41, 5.74) is 4.08. The number of nitrogens with zero attached hydrogens (tertiary/aromatic N) is 2. The Morgan fingerprint density at radius 1 is 0.963 bits per heavy atom. The third kappa shape index (κ3) is 4.59. The van der Waals surface area contributed by atoms with E-state index in [2.05, 4.69) is 64.4 Å². The fraction of sp³-hybridized carbons (Fsp3) is 0.458. The largest absolute Gasteiger partial charge is 0.337 e. The molecule has 142 valence electrons. The van der Waals surface area contributed by atoms with Gasteiger partial charge in [0.2, 0.25) is 5.91 Å². The molecule has 0 radical (unpaired) electrons. The summed E-state index contributed by atoms with van der Waals surface area (Å²) in [6.45, 7) is 3.17. The van der Waals surface area contributed by atoms with Crippen molar-refractivity contribution in [1.82, 2.24) is 9.80 Å². The van der Waals surface area contributed by atoms with Crippen molar-refractivity contribution < 1.29 is 4.79 Å². The summed E-state index contributed by atoms with van der Waals surface area (Å²) in [4.78, 5) is 17.6. The highest BCUT2D eigenvalue weighted by Gasteiger charge is 2.27. The molecule has 3 heteroatoms. The third-order valence-corrected chi connectivity index (χ3v) is 6.19. The van der Waals surface area contributed by atoms with Gasteiger partial charge in [0.05, 0.1) is 6.54 Å². The van der Waals surface area contributed by atoms with E-state index in [1.165, 1.54) is 42.4 Å². The van der Waals surface area contributed by atoms with Crippen LogP contribution < -0.4 is 0 Å². The van der Waals surface area contributed by atoms with Gasteiger partial charge in [-0.1, -0.05) is 67.4 Å². The summed E-state index contributed by atoms with van der Waals surface area (Å²) in [6, 6.07) is 19.8. The molecule has 3 nitrogen and oxygen atoms in total. The van der Waals surface area contributed by atoms with E-state index in [1.807, 2.05) is 0 Å². The van der Waals surface area contributed by atoms with Gasteiger partial charge < -0.3 is 4.90 Å². The Balaban J connectivity index is 1.39. The summed E-state index contributed by atoms with van der Waals surface area (Å²) in [5.74, 6) is 0.296. The average Bonchev–Trinajstić information content (AvgIpc) is 3.26. The summed E-state index contributed by atoms with van der Waals surface area (Å²) in [5, 5.41) is 0. The third-order valence-electron chi connectivity index (χ3n) is 6.19. The van der Waals surface area contributed by atoms with Gasteiger partial charge in [0, 0.05) is 25.7 Å². The number of hydrogen-bond donors (Lipinski definition) is 0. The molecule has 2 aromatic rings. The lowest BCUT2D eigenvalue weighted by Crippen LogP contribution is -2.46. The topological polar surface area (TPSA) is 23.6 Å². The van der Waals surface area contributed by atoms with Gasteiger partial charge in [-0.2, -0.15) is 0 Å². The SMILES string of the molecule is O=C(CN(CCc1ccccc1)C1CCCC1)N1CCc2ccccc2C1. The van der Waals surface area contributed by atoms with Gasteiger partial charge in [-0.25, -0.2) is 0 Å². The van der Waals surface area contributed by atoms with E-state index in [1.54, 1.807) is 0 Å². The first kappa shape index (κ1) is 18.2. The van der Waals surface area contributed by atoms with Gasteiger partial charge in [0.25, 0.3) is 0 Å². The van der Waals surface area contributed by atoms with Crippen LogP contribution in [-0.2, 0) is 24.2 Å². The van der Waals surface area contributed by atoms with Gasteiger partial charge >= 0.3 is 0 Å². The van der Waals surface area contributed by atoms with Crippen LogP contribution in [0.15, 0.2) is 54.6 Å². The van der Waals surface area contributed by atoms with Crippen molar-refractivity contribution in [1.29, 1.82) is 0 Å². The number of amides is 1. The van der Waals surface area contributed by atoms with Crippen LogP contribution in [0.5, 0.6) is 0 Å². The molecule has 1 heterocycles. The molecule has 1 saturated carbocycles. The Labute approximate surface area is 163 Å². The van der Waals surface area contributed by atoms with E-state index in [4.69, 9.17) is 0 Å². The molecular weight excluding hydrogens is 332 g/mol. The molecule has 1 amide bonds. The Kier molecular flexibility index (Phi) is 5.88. The number of benzene rings is 2. The smallest absolute Gasteiger partial charge is 0.237 e. The fourth-order valence-electron chi connectivity index (χ4n) is 4.56. The van der Waals surface area contributed by atoms with Crippen molar-refractivity contribution in [2.45, 2.75) is 51.1 Å². The number of rotatable bonds is 6. The average molecular weight is 363 g/mol. The van der Waals surface area contributed by atoms with E-state index < -0.39 is 0 Å². The maximum Gasteiger partial charge on any atom is 0.237 e. The van der Waals surface area contributed by atoms with Crippen LogP contribution in [0.4, 0.5) is 0 Å². The van der Waals surface area contributed by atoms with Crippen molar-refractivity contribution in [3.8, 4) is 0 Å². The van der Waals surface area contributed by atoms with E-state index >= 15 is 0 Å². The first-order valence-corrected chi connectivity index (χ1v) is 10.4. The first-order chi connectivity index (χ1) is 13.3. The summed E-state index contributed by atoms with van der Waals surface area (Å²) < 4.78 is 0. The second-order valence-electron chi connectivity index (χ2n) is 7.98. The molecule has 0 bridgehead atoms. The molecule has 0 N–H and O–H groups in total. The van der Waals surface area contributed by atoms with Crippen LogP contribution in [0.1, 0.15) is 42.4 Å². The minimum Gasteiger partial charge on any atom is -0.337 e. The molecule has 0 saturated heterocycles.